The second-order valence-corrected chi connectivity index (χ2v) is 3.75. The van der Waals surface area contributed by atoms with Gasteiger partial charge in [-0.05, 0) is 18.6 Å². The van der Waals surface area contributed by atoms with E-state index < -0.39 is 4.92 Å². The Balaban J connectivity index is 2.69. The summed E-state index contributed by atoms with van der Waals surface area (Å²) in [7, 11) is 0. The van der Waals surface area contributed by atoms with Gasteiger partial charge in [-0.3, -0.25) is 14.9 Å². The second kappa shape index (κ2) is 6.39. The van der Waals surface area contributed by atoms with Crippen LogP contribution in [0.3, 0.4) is 0 Å². The predicted molar refractivity (Wildman–Crippen MR) is 69.8 cm³/mol. The van der Waals surface area contributed by atoms with Crippen molar-refractivity contribution in [3.05, 3.63) is 40.0 Å². The largest absolute Gasteiger partial charge is 0.399 e. The summed E-state index contributed by atoms with van der Waals surface area (Å²) in [5.41, 5.74) is 6.33. The Morgan fingerprint density at radius 1 is 1.56 bits per heavy atom. The highest BCUT2D eigenvalue weighted by molar-refractivity contribution is 5.72. The van der Waals surface area contributed by atoms with Crippen LogP contribution in [0.2, 0.25) is 0 Å². The molecule has 6 heteroatoms. The summed E-state index contributed by atoms with van der Waals surface area (Å²) in [6.07, 6.45) is 4.04. The van der Waals surface area contributed by atoms with E-state index in [9.17, 15) is 14.9 Å². The Hall–Kier alpha value is -2.37. The normalized spacial score (nSPS) is 10.5. The molecule has 0 spiro atoms. The van der Waals surface area contributed by atoms with Gasteiger partial charge in [0.2, 0.25) is 5.91 Å². The fraction of sp³-hybridized carbons (Fsp3) is 0.250. The molecule has 1 aromatic carbocycles. The van der Waals surface area contributed by atoms with Gasteiger partial charge < -0.3 is 11.1 Å². The average Bonchev–Trinajstić information content (AvgIpc) is 2.29. The molecule has 0 fully saturated rings. The molecule has 0 saturated carbocycles. The van der Waals surface area contributed by atoms with Gasteiger partial charge in [0.1, 0.15) is 0 Å². The third-order valence-electron chi connectivity index (χ3n) is 2.23. The number of nitro benzene ring substituents is 1. The summed E-state index contributed by atoms with van der Waals surface area (Å²) < 4.78 is 0. The molecular weight excluding hydrogens is 234 g/mol. The van der Waals surface area contributed by atoms with Crippen LogP contribution >= 0.6 is 0 Å². The SMILES string of the molecule is CC(=O)NCCC=Cc1ccc(N)cc1[N+](=O)[O-]. The molecule has 0 radical (unpaired) electrons. The number of nitrogens with zero attached hydrogens (tertiary/aromatic N) is 1. The molecule has 0 saturated heterocycles. The fourth-order valence-corrected chi connectivity index (χ4v) is 1.40. The molecule has 6 nitrogen and oxygen atoms in total. The maximum absolute atomic E-state index is 10.8. The number of hydrogen-bond acceptors (Lipinski definition) is 4. The standard InChI is InChI=1S/C12H15N3O3/c1-9(16)14-7-3-2-4-10-5-6-11(13)8-12(10)15(17)18/h2,4-6,8H,3,7,13H2,1H3,(H,14,16). The summed E-state index contributed by atoms with van der Waals surface area (Å²) in [5, 5.41) is 13.4. The number of anilines is 1. The molecule has 18 heavy (non-hydrogen) atoms. The van der Waals surface area contributed by atoms with Crippen molar-refractivity contribution in [3.8, 4) is 0 Å². The van der Waals surface area contributed by atoms with Crippen molar-refractivity contribution in [2.45, 2.75) is 13.3 Å². The quantitative estimate of drug-likeness (QED) is 0.359. The average molecular weight is 249 g/mol. The topological polar surface area (TPSA) is 98.3 Å². The van der Waals surface area contributed by atoms with Gasteiger partial charge in [-0.1, -0.05) is 12.2 Å². The van der Waals surface area contributed by atoms with Crippen molar-refractivity contribution < 1.29 is 9.72 Å². The van der Waals surface area contributed by atoms with Gasteiger partial charge in [-0.25, -0.2) is 0 Å². The first-order chi connectivity index (χ1) is 8.50. The first-order valence-electron chi connectivity index (χ1n) is 5.45. The van der Waals surface area contributed by atoms with E-state index in [1.807, 2.05) is 0 Å². The van der Waals surface area contributed by atoms with E-state index in [4.69, 9.17) is 5.73 Å². The van der Waals surface area contributed by atoms with Crippen molar-refractivity contribution in [2.75, 3.05) is 12.3 Å². The molecule has 0 aliphatic heterocycles. The highest BCUT2D eigenvalue weighted by atomic mass is 16.6. The van der Waals surface area contributed by atoms with Crippen LogP contribution in [-0.4, -0.2) is 17.4 Å². The minimum Gasteiger partial charge on any atom is -0.399 e. The molecule has 3 N–H and O–H groups in total. The van der Waals surface area contributed by atoms with E-state index >= 15 is 0 Å². The van der Waals surface area contributed by atoms with E-state index in [1.165, 1.54) is 13.0 Å². The van der Waals surface area contributed by atoms with Gasteiger partial charge in [-0.15, -0.1) is 0 Å². The second-order valence-electron chi connectivity index (χ2n) is 3.75. The number of nitrogen functional groups attached to an aromatic ring is 1. The third kappa shape index (κ3) is 4.25. The number of nitro groups is 1. The summed E-state index contributed by atoms with van der Waals surface area (Å²) in [6.45, 7) is 1.95. The third-order valence-corrected chi connectivity index (χ3v) is 2.23. The lowest BCUT2D eigenvalue weighted by atomic mass is 10.1. The fourth-order valence-electron chi connectivity index (χ4n) is 1.40. The highest BCUT2D eigenvalue weighted by Gasteiger charge is 2.10. The van der Waals surface area contributed by atoms with Crippen LogP contribution in [0.4, 0.5) is 11.4 Å². The van der Waals surface area contributed by atoms with Crippen LogP contribution in [0.15, 0.2) is 24.3 Å². The zero-order valence-electron chi connectivity index (χ0n) is 10.1. The zero-order chi connectivity index (χ0) is 13.5. The summed E-state index contributed by atoms with van der Waals surface area (Å²) >= 11 is 0. The number of nitrogens with one attached hydrogen (secondary N) is 1. The highest BCUT2D eigenvalue weighted by Crippen LogP contribution is 2.22. The molecule has 1 amide bonds. The Labute approximate surface area is 105 Å². The summed E-state index contributed by atoms with van der Waals surface area (Å²) in [6, 6.07) is 4.54. The van der Waals surface area contributed by atoms with Crippen molar-refractivity contribution in [1.29, 1.82) is 0 Å². The van der Waals surface area contributed by atoms with E-state index in [0.717, 1.165) is 0 Å². The molecule has 0 heterocycles. The molecule has 96 valence electrons. The maximum Gasteiger partial charge on any atom is 0.278 e. The van der Waals surface area contributed by atoms with Crippen molar-refractivity contribution in [3.63, 3.8) is 0 Å². The maximum atomic E-state index is 10.8. The molecule has 0 aliphatic carbocycles. The number of hydrogen-bond donors (Lipinski definition) is 2. The van der Waals surface area contributed by atoms with Crippen molar-refractivity contribution in [2.24, 2.45) is 0 Å². The van der Waals surface area contributed by atoms with Crippen molar-refractivity contribution in [1.82, 2.24) is 5.32 Å². The predicted octanol–water partition coefficient (Wildman–Crippen LogP) is 1.72. The molecular formula is C12H15N3O3. The zero-order valence-corrected chi connectivity index (χ0v) is 10.1. The number of amides is 1. The first kappa shape index (κ1) is 13.7. The van der Waals surface area contributed by atoms with E-state index in [2.05, 4.69) is 5.32 Å². The van der Waals surface area contributed by atoms with Crippen LogP contribution < -0.4 is 11.1 Å². The molecule has 1 aromatic rings. The Morgan fingerprint density at radius 3 is 2.89 bits per heavy atom. The number of carbonyl (C=O) groups is 1. The molecule has 0 atom stereocenters. The molecule has 1 rings (SSSR count). The van der Waals surface area contributed by atoms with Gasteiger partial charge in [-0.2, -0.15) is 0 Å². The monoisotopic (exact) mass is 249 g/mol. The lowest BCUT2D eigenvalue weighted by molar-refractivity contribution is -0.385. The minimum atomic E-state index is -0.468. The van der Waals surface area contributed by atoms with Crippen LogP contribution in [-0.2, 0) is 4.79 Å². The lowest BCUT2D eigenvalue weighted by Crippen LogP contribution is -2.20. The van der Waals surface area contributed by atoms with Gasteiger partial charge >= 0.3 is 0 Å². The summed E-state index contributed by atoms with van der Waals surface area (Å²) in [4.78, 5) is 21.0. The Kier molecular flexibility index (Phi) is 4.86. The van der Waals surface area contributed by atoms with Gasteiger partial charge in [0.25, 0.3) is 5.69 Å². The van der Waals surface area contributed by atoms with Gasteiger partial charge in [0.15, 0.2) is 0 Å². The van der Waals surface area contributed by atoms with Crippen molar-refractivity contribution >= 4 is 23.4 Å². The van der Waals surface area contributed by atoms with Crippen LogP contribution in [0, 0.1) is 10.1 Å². The van der Waals surface area contributed by atoms with Crippen LogP contribution in [0.25, 0.3) is 6.08 Å². The molecule has 0 unspecified atom stereocenters. The number of carbonyl (C=O) groups excluding carboxylic acids is 1. The minimum absolute atomic E-state index is 0.0224. The summed E-state index contributed by atoms with van der Waals surface area (Å²) in [5.74, 6) is -0.0955. The van der Waals surface area contributed by atoms with Crippen LogP contribution in [0.5, 0.6) is 0 Å². The number of benzene rings is 1. The Bertz CT molecular complexity index is 483. The van der Waals surface area contributed by atoms with E-state index in [0.29, 0.717) is 24.2 Å². The van der Waals surface area contributed by atoms with Crippen LogP contribution in [0.1, 0.15) is 18.9 Å². The lowest BCUT2D eigenvalue weighted by Gasteiger charge is -2.00. The Morgan fingerprint density at radius 2 is 2.28 bits per heavy atom. The molecule has 0 bridgehead atoms. The first-order valence-corrected chi connectivity index (χ1v) is 5.45. The van der Waals surface area contributed by atoms with Gasteiger partial charge in [0.05, 0.1) is 10.5 Å². The number of rotatable bonds is 5. The smallest absolute Gasteiger partial charge is 0.278 e. The molecule has 0 aromatic heterocycles. The van der Waals surface area contributed by atoms with E-state index in [-0.39, 0.29) is 11.6 Å². The number of nitrogens with two attached hydrogens (primary N) is 1. The van der Waals surface area contributed by atoms with E-state index in [1.54, 1.807) is 24.3 Å². The van der Waals surface area contributed by atoms with Gasteiger partial charge in [0, 0.05) is 25.2 Å². The molecule has 0 aliphatic rings.